The van der Waals surface area contributed by atoms with Gasteiger partial charge in [0.2, 0.25) is 0 Å². The van der Waals surface area contributed by atoms with Gasteiger partial charge in [-0.05, 0) is 19.8 Å². The van der Waals surface area contributed by atoms with Crippen LogP contribution in [-0.4, -0.2) is 12.4 Å². The van der Waals surface area contributed by atoms with Crippen molar-refractivity contribution in [2.75, 3.05) is 0 Å². The molecule has 1 saturated carbocycles. The summed E-state index contributed by atoms with van der Waals surface area (Å²) in [4.78, 5) is 0.541. The smallest absolute Gasteiger partial charge is 0.0875 e. The molecule has 2 atom stereocenters. The lowest BCUT2D eigenvalue weighted by molar-refractivity contribution is 0.705. The van der Waals surface area contributed by atoms with Crippen LogP contribution in [0, 0.1) is 0 Å². The average molecular weight is 400 g/mol. The van der Waals surface area contributed by atoms with Gasteiger partial charge >= 0.3 is 0 Å². The first-order chi connectivity index (χ1) is 4.38. The predicted molar refractivity (Wildman–Crippen MR) is 59.9 cm³/mol. The van der Waals surface area contributed by atoms with Crippen LogP contribution in [0.5, 0.6) is 0 Å². The molecule has 0 amide bonds. The minimum absolute atomic E-state index is 0.0567. The van der Waals surface area contributed by atoms with Crippen LogP contribution in [0.15, 0.2) is 0 Å². The summed E-state index contributed by atoms with van der Waals surface area (Å²) in [7, 11) is 0. The van der Waals surface area contributed by atoms with E-state index in [0.29, 0.717) is 4.83 Å². The Hall–Kier alpha value is 1.92. The van der Waals surface area contributed by atoms with Gasteiger partial charge in [0, 0.05) is 4.83 Å². The average Bonchev–Trinajstić information content (AvgIpc) is 1.94. The van der Waals surface area contributed by atoms with E-state index < -0.39 is 0 Å². The highest BCUT2D eigenvalue weighted by molar-refractivity contribution is 9.26. The topological polar surface area (TPSA) is 0 Å². The summed E-state index contributed by atoms with van der Waals surface area (Å²) in [5.41, 5.74) is 0. The largest absolute Gasteiger partial charge is 0.0966 e. The molecular formula is C6H8Br4. The number of hydrogen-bond donors (Lipinski definition) is 0. The van der Waals surface area contributed by atoms with E-state index in [9.17, 15) is 0 Å². The summed E-state index contributed by atoms with van der Waals surface area (Å²) < 4.78 is 0.168. The molecular weight excluding hydrogens is 392 g/mol. The fourth-order valence-electron chi connectivity index (χ4n) is 1.05. The maximum atomic E-state index is 3.69. The summed E-state index contributed by atoms with van der Waals surface area (Å²) in [5.74, 6) is 0. The van der Waals surface area contributed by atoms with Crippen molar-refractivity contribution in [2.45, 2.75) is 32.2 Å². The van der Waals surface area contributed by atoms with Gasteiger partial charge in [-0.25, -0.2) is 0 Å². The second-order valence-corrected chi connectivity index (χ2v) is 9.31. The molecule has 0 heterocycles. The lowest BCUT2D eigenvalue weighted by atomic mass is 10.1. The molecule has 0 N–H and O–H groups in total. The van der Waals surface area contributed by atoms with Gasteiger partial charge in [-0.2, -0.15) is 0 Å². The summed E-state index contributed by atoms with van der Waals surface area (Å²) >= 11 is 14.6. The zero-order chi connectivity index (χ0) is 7.99. The number of rotatable bonds is 0. The highest BCUT2D eigenvalue weighted by Crippen LogP contribution is 2.57. The van der Waals surface area contributed by atoms with Crippen LogP contribution >= 0.6 is 63.7 Å². The maximum Gasteiger partial charge on any atom is 0.0966 e. The molecule has 1 aliphatic carbocycles. The molecule has 0 spiro atoms. The number of halogens is 4. The SMILES string of the molecule is CC1(Br)C(Br)CCC1(Br)Br. The van der Waals surface area contributed by atoms with Crippen molar-refractivity contribution < 1.29 is 0 Å². The minimum atomic E-state index is 0.0567. The predicted octanol–water partition coefficient (Wildman–Crippen LogP) is 4.18. The zero-order valence-corrected chi connectivity index (χ0v) is 11.8. The third kappa shape index (κ3) is 1.50. The van der Waals surface area contributed by atoms with Crippen molar-refractivity contribution in [2.24, 2.45) is 0 Å². The lowest BCUT2D eigenvalue weighted by Gasteiger charge is -2.31. The molecule has 10 heavy (non-hydrogen) atoms. The van der Waals surface area contributed by atoms with E-state index in [0.717, 1.165) is 6.42 Å². The Morgan fingerprint density at radius 1 is 1.30 bits per heavy atom. The molecule has 0 nitrogen and oxygen atoms in total. The van der Waals surface area contributed by atoms with Crippen LogP contribution in [0.1, 0.15) is 19.8 Å². The molecule has 1 fully saturated rings. The van der Waals surface area contributed by atoms with E-state index in [1.165, 1.54) is 6.42 Å². The summed E-state index contributed by atoms with van der Waals surface area (Å²) in [5, 5.41) is 0. The minimum Gasteiger partial charge on any atom is -0.0875 e. The Kier molecular flexibility index (Phi) is 3.00. The Morgan fingerprint density at radius 2 is 1.80 bits per heavy atom. The first-order valence-corrected chi connectivity index (χ1v) is 6.38. The first kappa shape index (κ1) is 10.0. The van der Waals surface area contributed by atoms with E-state index in [-0.39, 0.29) is 7.56 Å². The van der Waals surface area contributed by atoms with Crippen LogP contribution in [-0.2, 0) is 0 Å². The molecule has 0 aromatic carbocycles. The zero-order valence-electron chi connectivity index (χ0n) is 5.50. The Balaban J connectivity index is 2.84. The van der Waals surface area contributed by atoms with E-state index in [1.54, 1.807) is 0 Å². The van der Waals surface area contributed by atoms with Crippen LogP contribution in [0.25, 0.3) is 0 Å². The Bertz CT molecular complexity index is 141. The molecule has 1 rings (SSSR count). The summed E-state index contributed by atoms with van der Waals surface area (Å²) in [6, 6.07) is 0. The van der Waals surface area contributed by atoms with Gasteiger partial charge in [0.1, 0.15) is 0 Å². The highest BCUT2D eigenvalue weighted by Gasteiger charge is 2.52. The molecule has 2 unspecified atom stereocenters. The van der Waals surface area contributed by atoms with Crippen molar-refractivity contribution in [3.63, 3.8) is 0 Å². The van der Waals surface area contributed by atoms with Gasteiger partial charge < -0.3 is 0 Å². The van der Waals surface area contributed by atoms with E-state index in [4.69, 9.17) is 0 Å². The van der Waals surface area contributed by atoms with Gasteiger partial charge in [-0.1, -0.05) is 63.7 Å². The lowest BCUT2D eigenvalue weighted by Crippen LogP contribution is -2.36. The molecule has 4 heteroatoms. The van der Waals surface area contributed by atoms with Crippen molar-refractivity contribution in [1.29, 1.82) is 0 Å². The Labute approximate surface area is 95.0 Å². The third-order valence-electron chi connectivity index (χ3n) is 2.02. The first-order valence-electron chi connectivity index (χ1n) is 3.09. The third-order valence-corrected chi connectivity index (χ3v) is 8.74. The normalized spacial score (nSPS) is 45.9. The van der Waals surface area contributed by atoms with Gasteiger partial charge in [0.15, 0.2) is 0 Å². The fraction of sp³-hybridized carbons (Fsp3) is 1.00. The van der Waals surface area contributed by atoms with Crippen LogP contribution in [0.4, 0.5) is 0 Å². The van der Waals surface area contributed by atoms with Crippen LogP contribution in [0.2, 0.25) is 0 Å². The summed E-state index contributed by atoms with van der Waals surface area (Å²) in [6.45, 7) is 2.18. The van der Waals surface area contributed by atoms with Crippen molar-refractivity contribution >= 4 is 63.7 Å². The number of alkyl halides is 4. The highest BCUT2D eigenvalue weighted by atomic mass is 79.9. The molecule has 0 aromatic rings. The van der Waals surface area contributed by atoms with Gasteiger partial charge in [-0.15, -0.1) is 0 Å². The van der Waals surface area contributed by atoms with E-state index in [1.807, 2.05) is 0 Å². The maximum absolute atomic E-state index is 3.69. The van der Waals surface area contributed by atoms with Crippen LogP contribution < -0.4 is 0 Å². The molecule has 0 radical (unpaired) electrons. The van der Waals surface area contributed by atoms with E-state index in [2.05, 4.69) is 70.6 Å². The standard InChI is InChI=1S/C6H8Br4/c1-5(8)4(7)2-3-6(5,9)10/h4H,2-3H2,1H3. The molecule has 0 saturated heterocycles. The molecule has 1 aliphatic rings. The second kappa shape index (κ2) is 3.00. The molecule has 0 aromatic heterocycles. The monoisotopic (exact) mass is 396 g/mol. The van der Waals surface area contributed by atoms with E-state index >= 15 is 0 Å². The van der Waals surface area contributed by atoms with Gasteiger partial charge in [0.05, 0.1) is 7.56 Å². The molecule has 0 aliphatic heterocycles. The fourth-order valence-corrected chi connectivity index (χ4v) is 3.72. The Morgan fingerprint density at radius 3 is 1.90 bits per heavy atom. The quantitative estimate of drug-likeness (QED) is 0.536. The molecule has 60 valence electrons. The summed E-state index contributed by atoms with van der Waals surface area (Å²) in [6.07, 6.45) is 2.34. The van der Waals surface area contributed by atoms with Crippen LogP contribution in [0.3, 0.4) is 0 Å². The van der Waals surface area contributed by atoms with Crippen molar-refractivity contribution in [1.82, 2.24) is 0 Å². The van der Waals surface area contributed by atoms with Gasteiger partial charge in [0.25, 0.3) is 0 Å². The van der Waals surface area contributed by atoms with Gasteiger partial charge in [-0.3, -0.25) is 0 Å². The molecule has 0 bridgehead atoms. The number of hydrogen-bond acceptors (Lipinski definition) is 0. The second-order valence-electron chi connectivity index (χ2n) is 2.79. The van der Waals surface area contributed by atoms with Crippen molar-refractivity contribution in [3.8, 4) is 0 Å². The van der Waals surface area contributed by atoms with Crippen molar-refractivity contribution in [3.05, 3.63) is 0 Å².